The molecule has 3 rings (SSSR count). The van der Waals surface area contributed by atoms with Gasteiger partial charge in [-0.05, 0) is 43.1 Å². The van der Waals surface area contributed by atoms with Crippen LogP contribution in [0, 0.1) is 6.92 Å². The van der Waals surface area contributed by atoms with E-state index in [9.17, 15) is 0 Å². The van der Waals surface area contributed by atoms with Gasteiger partial charge in [0.2, 0.25) is 5.89 Å². The van der Waals surface area contributed by atoms with Crippen LogP contribution in [0.4, 0.5) is 0 Å². The second-order valence-corrected chi connectivity index (χ2v) is 6.30. The predicted molar refractivity (Wildman–Crippen MR) is 81.8 cm³/mol. The van der Waals surface area contributed by atoms with Crippen molar-refractivity contribution in [3.05, 3.63) is 35.2 Å². The summed E-state index contributed by atoms with van der Waals surface area (Å²) in [7, 11) is 3.69. The molecule has 1 aromatic carbocycles. The van der Waals surface area contributed by atoms with Crippen molar-refractivity contribution in [2.24, 2.45) is 0 Å². The van der Waals surface area contributed by atoms with Gasteiger partial charge in [-0.3, -0.25) is 0 Å². The van der Waals surface area contributed by atoms with Crippen molar-refractivity contribution in [3.63, 3.8) is 0 Å². The Morgan fingerprint density at radius 1 is 1.38 bits per heavy atom. The largest absolute Gasteiger partial charge is 0.497 e. The molecule has 0 amide bonds. The second-order valence-electron chi connectivity index (χ2n) is 5.11. The number of methoxy groups -OCH3 is 1. The van der Waals surface area contributed by atoms with E-state index in [0.29, 0.717) is 16.4 Å². The van der Waals surface area contributed by atoms with Gasteiger partial charge in [-0.25, -0.2) is 0 Å². The Kier molecular flexibility index (Phi) is 4.17. The van der Waals surface area contributed by atoms with E-state index >= 15 is 0 Å². The highest BCUT2D eigenvalue weighted by molar-refractivity contribution is 7.99. The zero-order valence-corrected chi connectivity index (χ0v) is 13.2. The maximum atomic E-state index is 5.50. The summed E-state index contributed by atoms with van der Waals surface area (Å²) in [6, 6.07) is 6.57. The van der Waals surface area contributed by atoms with Gasteiger partial charge < -0.3 is 14.5 Å². The summed E-state index contributed by atoms with van der Waals surface area (Å²) in [4.78, 5) is 0. The quantitative estimate of drug-likeness (QED) is 0.937. The van der Waals surface area contributed by atoms with E-state index in [1.54, 1.807) is 18.9 Å². The lowest BCUT2D eigenvalue weighted by atomic mass is 9.87. The molecule has 1 heterocycles. The molecule has 21 heavy (non-hydrogen) atoms. The number of aryl methyl sites for hydroxylation is 2. The van der Waals surface area contributed by atoms with Crippen LogP contribution in [0.2, 0.25) is 0 Å². The summed E-state index contributed by atoms with van der Waals surface area (Å²) < 4.78 is 10.9. The highest BCUT2D eigenvalue weighted by atomic mass is 32.2. The Labute approximate surface area is 128 Å². The lowest BCUT2D eigenvalue weighted by molar-refractivity contribution is 0.410. The summed E-state index contributed by atoms with van der Waals surface area (Å²) in [6.07, 6.45) is 2.14. The third-order valence-corrected chi connectivity index (χ3v) is 5.01. The van der Waals surface area contributed by atoms with Gasteiger partial charge in [0, 0.05) is 18.2 Å². The van der Waals surface area contributed by atoms with Crippen LogP contribution in [-0.2, 0) is 6.42 Å². The van der Waals surface area contributed by atoms with Gasteiger partial charge in [-0.1, -0.05) is 17.8 Å². The van der Waals surface area contributed by atoms with Crippen LogP contribution in [0.3, 0.4) is 0 Å². The van der Waals surface area contributed by atoms with E-state index in [2.05, 4.69) is 27.6 Å². The van der Waals surface area contributed by atoms with Crippen molar-refractivity contribution < 1.29 is 9.15 Å². The van der Waals surface area contributed by atoms with E-state index in [1.165, 1.54) is 11.1 Å². The Balaban J connectivity index is 1.86. The molecule has 1 N–H and O–H groups in total. The highest BCUT2D eigenvalue weighted by Gasteiger charge is 2.31. The maximum absolute atomic E-state index is 5.50. The number of aromatic nitrogens is 2. The first-order valence-electron chi connectivity index (χ1n) is 7.02. The highest BCUT2D eigenvalue weighted by Crippen LogP contribution is 2.40. The first kappa shape index (κ1) is 14.4. The molecule has 1 aliphatic carbocycles. The molecular formula is C15H19N3O2S. The molecule has 1 aromatic heterocycles. The topological polar surface area (TPSA) is 60.2 Å². The molecule has 0 saturated heterocycles. The lowest BCUT2D eigenvalue weighted by Crippen LogP contribution is -2.32. The fourth-order valence-corrected chi connectivity index (χ4v) is 3.98. The molecule has 0 aliphatic heterocycles. The first-order valence-corrected chi connectivity index (χ1v) is 7.90. The fourth-order valence-electron chi connectivity index (χ4n) is 2.81. The molecule has 2 aromatic rings. The van der Waals surface area contributed by atoms with Crippen LogP contribution < -0.4 is 10.1 Å². The molecule has 0 bridgehead atoms. The summed E-state index contributed by atoms with van der Waals surface area (Å²) >= 11 is 1.65. The van der Waals surface area contributed by atoms with Gasteiger partial charge in [0.05, 0.1) is 7.11 Å². The molecular weight excluding hydrogens is 286 g/mol. The molecule has 2 unspecified atom stereocenters. The van der Waals surface area contributed by atoms with Crippen LogP contribution >= 0.6 is 11.8 Å². The molecule has 0 saturated carbocycles. The van der Waals surface area contributed by atoms with Gasteiger partial charge >= 0.3 is 0 Å². The number of fused-ring (bicyclic) bond motifs is 1. The SMILES string of the molecule is CNC1c2cc(OC)ccc2CCC1Sc1nnc(C)o1. The average molecular weight is 305 g/mol. The first-order chi connectivity index (χ1) is 10.2. The van der Waals surface area contributed by atoms with Crippen molar-refractivity contribution in [1.29, 1.82) is 0 Å². The van der Waals surface area contributed by atoms with E-state index < -0.39 is 0 Å². The third kappa shape index (κ3) is 2.91. The number of ether oxygens (including phenoxy) is 1. The van der Waals surface area contributed by atoms with E-state index in [-0.39, 0.29) is 6.04 Å². The number of rotatable bonds is 4. The van der Waals surface area contributed by atoms with Crippen molar-refractivity contribution in [1.82, 2.24) is 15.5 Å². The maximum Gasteiger partial charge on any atom is 0.276 e. The Hall–Kier alpha value is -1.53. The van der Waals surface area contributed by atoms with Crippen LogP contribution in [0.15, 0.2) is 27.8 Å². The Morgan fingerprint density at radius 2 is 2.24 bits per heavy atom. The molecule has 0 spiro atoms. The number of nitrogens with one attached hydrogen (secondary N) is 1. The molecule has 112 valence electrons. The van der Waals surface area contributed by atoms with E-state index in [0.717, 1.165) is 18.6 Å². The van der Waals surface area contributed by atoms with Crippen molar-refractivity contribution >= 4 is 11.8 Å². The molecule has 6 heteroatoms. The minimum atomic E-state index is 0.251. The fraction of sp³-hybridized carbons (Fsp3) is 0.467. The van der Waals surface area contributed by atoms with Crippen molar-refractivity contribution in [3.8, 4) is 5.75 Å². The number of thioether (sulfide) groups is 1. The summed E-state index contributed by atoms with van der Waals surface area (Å²) in [6.45, 7) is 1.81. The van der Waals surface area contributed by atoms with Crippen molar-refractivity contribution in [2.45, 2.75) is 36.3 Å². The number of benzene rings is 1. The summed E-state index contributed by atoms with van der Waals surface area (Å²) in [5, 5.41) is 12.4. The van der Waals surface area contributed by atoms with Crippen LogP contribution in [-0.4, -0.2) is 29.6 Å². The molecule has 0 fully saturated rings. The van der Waals surface area contributed by atoms with E-state index in [4.69, 9.17) is 9.15 Å². The molecule has 5 nitrogen and oxygen atoms in total. The van der Waals surface area contributed by atoms with Gasteiger partial charge in [0.25, 0.3) is 5.22 Å². The molecule has 1 aliphatic rings. The third-order valence-electron chi connectivity index (χ3n) is 3.83. The minimum Gasteiger partial charge on any atom is -0.497 e. The van der Waals surface area contributed by atoms with E-state index in [1.807, 2.05) is 20.0 Å². The van der Waals surface area contributed by atoms with Crippen molar-refractivity contribution in [2.75, 3.05) is 14.2 Å². The Morgan fingerprint density at radius 3 is 2.90 bits per heavy atom. The lowest BCUT2D eigenvalue weighted by Gasteiger charge is -2.32. The predicted octanol–water partition coefficient (Wildman–Crippen LogP) is 2.75. The number of hydrogen-bond acceptors (Lipinski definition) is 6. The zero-order valence-electron chi connectivity index (χ0n) is 12.4. The smallest absolute Gasteiger partial charge is 0.276 e. The van der Waals surface area contributed by atoms with Gasteiger partial charge in [0.15, 0.2) is 0 Å². The van der Waals surface area contributed by atoms with Gasteiger partial charge in [0.1, 0.15) is 5.75 Å². The minimum absolute atomic E-state index is 0.251. The normalized spacial score (nSPS) is 21.1. The van der Waals surface area contributed by atoms with Gasteiger partial charge in [-0.2, -0.15) is 0 Å². The zero-order chi connectivity index (χ0) is 14.8. The molecule has 2 atom stereocenters. The summed E-state index contributed by atoms with van der Waals surface area (Å²) in [5.41, 5.74) is 2.69. The number of hydrogen-bond donors (Lipinski definition) is 1. The molecule has 0 radical (unpaired) electrons. The standard InChI is InChI=1S/C15H19N3O2S/c1-9-17-18-15(20-9)21-13-7-5-10-4-6-11(19-3)8-12(10)14(13)16-2/h4,6,8,13-14,16H,5,7H2,1-3H3. The van der Waals surface area contributed by atoms with Crippen LogP contribution in [0.5, 0.6) is 5.75 Å². The monoisotopic (exact) mass is 305 g/mol. The number of nitrogens with zero attached hydrogens (tertiary/aromatic N) is 2. The summed E-state index contributed by atoms with van der Waals surface area (Å²) in [5.74, 6) is 1.50. The average Bonchev–Trinajstić information content (AvgIpc) is 2.91. The van der Waals surface area contributed by atoms with Crippen LogP contribution in [0.1, 0.15) is 29.5 Å². The Bertz CT molecular complexity index is 629. The second kappa shape index (κ2) is 6.07. The van der Waals surface area contributed by atoms with Crippen LogP contribution in [0.25, 0.3) is 0 Å². The van der Waals surface area contributed by atoms with Gasteiger partial charge in [-0.15, -0.1) is 10.2 Å².